The van der Waals surface area contributed by atoms with E-state index in [9.17, 15) is 0 Å². The van der Waals surface area contributed by atoms with E-state index in [0.717, 1.165) is 11.5 Å². The lowest BCUT2D eigenvalue weighted by molar-refractivity contribution is 0.602. The van der Waals surface area contributed by atoms with Gasteiger partial charge >= 0.3 is 0 Å². The molecular weight excluding hydrogens is 174 g/mol. The number of benzene rings is 1. The highest BCUT2D eigenvalue weighted by Crippen LogP contribution is 2.25. The van der Waals surface area contributed by atoms with Crippen molar-refractivity contribution in [3.05, 3.63) is 30.3 Å². The van der Waals surface area contributed by atoms with Gasteiger partial charge in [-0.25, -0.2) is 0 Å². The molecule has 0 aromatic heterocycles. The Balaban J connectivity index is 2.30. The molecule has 0 saturated carbocycles. The molecule has 0 amide bonds. The average molecular weight is 189 g/mol. The topological polar surface area (TPSA) is 41.6 Å². The summed E-state index contributed by atoms with van der Waals surface area (Å²) in [5, 5.41) is 6.33. The molecule has 1 aliphatic heterocycles. The number of hydrogen-bond donors (Lipinski definition) is 1. The molecule has 2 atom stereocenters. The fraction of sp³-hybridized carbons (Fsp3) is 0.364. The monoisotopic (exact) mass is 189 g/mol. The number of para-hydroxylation sites is 1. The van der Waals surface area contributed by atoms with Gasteiger partial charge in [-0.15, -0.1) is 0 Å². The van der Waals surface area contributed by atoms with Gasteiger partial charge in [0.25, 0.3) is 0 Å². The Kier molecular flexibility index (Phi) is 2.15. The zero-order valence-corrected chi connectivity index (χ0v) is 8.51. The largest absolute Gasteiger partial charge is 0.385 e. The lowest BCUT2D eigenvalue weighted by Crippen LogP contribution is -2.30. The van der Waals surface area contributed by atoms with Crippen LogP contribution in [-0.4, -0.2) is 11.9 Å². The van der Waals surface area contributed by atoms with Gasteiger partial charge in [0.2, 0.25) is 0 Å². The van der Waals surface area contributed by atoms with E-state index in [1.165, 1.54) is 0 Å². The third kappa shape index (κ3) is 1.35. The van der Waals surface area contributed by atoms with Crippen molar-refractivity contribution in [3.63, 3.8) is 0 Å². The van der Waals surface area contributed by atoms with Crippen molar-refractivity contribution in [3.8, 4) is 0 Å². The second kappa shape index (κ2) is 3.33. The smallest absolute Gasteiger partial charge is 0.125 e. The molecule has 0 bridgehead atoms. The molecule has 0 spiro atoms. The summed E-state index contributed by atoms with van der Waals surface area (Å²) in [7, 11) is 0. The predicted octanol–water partition coefficient (Wildman–Crippen LogP) is 1.80. The zero-order valence-electron chi connectivity index (χ0n) is 8.51. The van der Waals surface area contributed by atoms with Crippen LogP contribution in [0.5, 0.6) is 0 Å². The van der Waals surface area contributed by atoms with Gasteiger partial charge in [-0.05, 0) is 19.1 Å². The fourth-order valence-corrected chi connectivity index (χ4v) is 1.64. The van der Waals surface area contributed by atoms with Crippen LogP contribution in [0.4, 0.5) is 5.69 Å². The first kappa shape index (κ1) is 9.06. The molecule has 1 aliphatic rings. The summed E-state index contributed by atoms with van der Waals surface area (Å²) in [5.41, 5.74) is 6.91. The van der Waals surface area contributed by atoms with E-state index in [4.69, 9.17) is 5.73 Å². The summed E-state index contributed by atoms with van der Waals surface area (Å²) in [6, 6.07) is 10.5. The molecule has 2 rings (SSSR count). The molecule has 3 nitrogen and oxygen atoms in total. The highest BCUT2D eigenvalue weighted by Gasteiger charge is 2.29. The minimum atomic E-state index is 0.329. The Bertz CT molecular complexity index is 345. The van der Waals surface area contributed by atoms with E-state index in [1.807, 2.05) is 35.3 Å². The van der Waals surface area contributed by atoms with E-state index in [2.05, 4.69) is 18.9 Å². The lowest BCUT2D eigenvalue weighted by Gasteiger charge is -2.22. The van der Waals surface area contributed by atoms with E-state index in [1.54, 1.807) is 0 Å². The highest BCUT2D eigenvalue weighted by atomic mass is 15.5. The molecule has 1 aromatic carbocycles. The highest BCUT2D eigenvalue weighted by molar-refractivity contribution is 5.87. The van der Waals surface area contributed by atoms with Gasteiger partial charge in [-0.3, -0.25) is 5.01 Å². The predicted molar refractivity (Wildman–Crippen MR) is 59.2 cm³/mol. The standard InChI is InChI=1S/C11H15N3/c1-8-9(2)14(13-11(8)12)10-6-4-3-5-7-10/h3-9H,1-2H3,(H2,12,13). The molecule has 2 N–H and O–H groups in total. The molecule has 0 fully saturated rings. The summed E-state index contributed by atoms with van der Waals surface area (Å²) in [6.07, 6.45) is 0. The third-order valence-corrected chi connectivity index (χ3v) is 2.82. The van der Waals surface area contributed by atoms with Crippen LogP contribution in [0, 0.1) is 5.92 Å². The first-order valence-corrected chi connectivity index (χ1v) is 4.88. The summed E-state index contributed by atoms with van der Waals surface area (Å²) in [4.78, 5) is 0. The van der Waals surface area contributed by atoms with Crippen molar-refractivity contribution in [1.82, 2.24) is 0 Å². The Morgan fingerprint density at radius 1 is 1.21 bits per heavy atom. The van der Waals surface area contributed by atoms with E-state index < -0.39 is 0 Å². The summed E-state index contributed by atoms with van der Waals surface area (Å²) in [6.45, 7) is 4.24. The Hall–Kier alpha value is -1.51. The molecule has 0 radical (unpaired) electrons. The number of hydrazone groups is 1. The molecule has 2 unspecified atom stereocenters. The van der Waals surface area contributed by atoms with Crippen LogP contribution < -0.4 is 10.7 Å². The first-order valence-electron chi connectivity index (χ1n) is 4.88. The molecule has 14 heavy (non-hydrogen) atoms. The zero-order chi connectivity index (χ0) is 10.1. The van der Waals surface area contributed by atoms with Gasteiger partial charge in [0, 0.05) is 5.92 Å². The summed E-state index contributed by atoms with van der Waals surface area (Å²) >= 11 is 0. The molecule has 1 aromatic rings. The van der Waals surface area contributed by atoms with E-state index >= 15 is 0 Å². The van der Waals surface area contributed by atoms with Crippen LogP contribution in [0.1, 0.15) is 13.8 Å². The summed E-state index contributed by atoms with van der Waals surface area (Å²) in [5.74, 6) is 1.05. The summed E-state index contributed by atoms with van der Waals surface area (Å²) < 4.78 is 0. The number of amidine groups is 1. The number of nitrogens with two attached hydrogens (primary N) is 1. The van der Waals surface area contributed by atoms with Gasteiger partial charge in [-0.2, -0.15) is 5.10 Å². The number of nitrogens with zero attached hydrogens (tertiary/aromatic N) is 2. The van der Waals surface area contributed by atoms with Crippen LogP contribution in [0.25, 0.3) is 0 Å². The number of hydrogen-bond acceptors (Lipinski definition) is 3. The molecule has 0 saturated heterocycles. The maximum absolute atomic E-state index is 5.80. The van der Waals surface area contributed by atoms with E-state index in [-0.39, 0.29) is 0 Å². The lowest BCUT2D eigenvalue weighted by atomic mass is 10.0. The Morgan fingerprint density at radius 2 is 1.86 bits per heavy atom. The SMILES string of the molecule is CC1C(N)=NN(c2ccccc2)C1C. The first-order chi connectivity index (χ1) is 6.70. The second-order valence-corrected chi connectivity index (χ2v) is 3.73. The van der Waals surface area contributed by atoms with Crippen LogP contribution in [-0.2, 0) is 0 Å². The minimum absolute atomic E-state index is 0.329. The van der Waals surface area contributed by atoms with Crippen LogP contribution in [0.3, 0.4) is 0 Å². The maximum atomic E-state index is 5.80. The van der Waals surface area contributed by atoms with E-state index in [0.29, 0.717) is 12.0 Å². The molecule has 1 heterocycles. The average Bonchev–Trinajstić information content (AvgIpc) is 2.47. The van der Waals surface area contributed by atoms with Crippen molar-refractivity contribution < 1.29 is 0 Å². The molecular formula is C11H15N3. The molecule has 74 valence electrons. The van der Waals surface area contributed by atoms with Crippen molar-refractivity contribution in [2.24, 2.45) is 16.8 Å². The molecule has 0 aliphatic carbocycles. The minimum Gasteiger partial charge on any atom is -0.385 e. The quantitative estimate of drug-likeness (QED) is 0.732. The van der Waals surface area contributed by atoms with Crippen molar-refractivity contribution in [2.75, 3.05) is 5.01 Å². The number of rotatable bonds is 1. The Morgan fingerprint density at radius 3 is 2.36 bits per heavy atom. The van der Waals surface area contributed by atoms with Crippen molar-refractivity contribution in [2.45, 2.75) is 19.9 Å². The van der Waals surface area contributed by atoms with Gasteiger partial charge in [0.1, 0.15) is 5.84 Å². The van der Waals surface area contributed by atoms with Gasteiger partial charge in [-0.1, -0.05) is 25.1 Å². The number of anilines is 1. The maximum Gasteiger partial charge on any atom is 0.125 e. The Labute approximate surface area is 84.2 Å². The van der Waals surface area contributed by atoms with Gasteiger partial charge in [0.05, 0.1) is 11.7 Å². The van der Waals surface area contributed by atoms with Crippen molar-refractivity contribution in [1.29, 1.82) is 0 Å². The van der Waals surface area contributed by atoms with Crippen LogP contribution in [0.15, 0.2) is 35.4 Å². The van der Waals surface area contributed by atoms with Crippen molar-refractivity contribution >= 4 is 11.5 Å². The molecule has 3 heteroatoms. The van der Waals surface area contributed by atoms with Crippen LogP contribution in [0.2, 0.25) is 0 Å². The third-order valence-electron chi connectivity index (χ3n) is 2.82. The normalized spacial score (nSPS) is 26.4. The fourth-order valence-electron chi connectivity index (χ4n) is 1.64. The van der Waals surface area contributed by atoms with Gasteiger partial charge < -0.3 is 5.73 Å². The van der Waals surface area contributed by atoms with Gasteiger partial charge in [0.15, 0.2) is 0 Å². The second-order valence-electron chi connectivity index (χ2n) is 3.73. The van der Waals surface area contributed by atoms with Crippen LogP contribution >= 0.6 is 0 Å².